The van der Waals surface area contributed by atoms with Crippen LogP contribution in [0.1, 0.15) is 12.0 Å². The molecule has 1 unspecified atom stereocenters. The van der Waals surface area contributed by atoms with Gasteiger partial charge in [0, 0.05) is 6.42 Å². The SMILES string of the molecule is C[NH+](CCC#N)C[C@@H]1Cc2ccccc2O1. The highest BCUT2D eigenvalue weighted by Crippen LogP contribution is 2.27. The van der Waals surface area contributed by atoms with Gasteiger partial charge in [0.25, 0.3) is 0 Å². The Balaban J connectivity index is 1.85. The molecular weight excluding hydrogens is 200 g/mol. The van der Waals surface area contributed by atoms with E-state index in [0.29, 0.717) is 6.42 Å². The summed E-state index contributed by atoms with van der Waals surface area (Å²) in [5.74, 6) is 1.03. The summed E-state index contributed by atoms with van der Waals surface area (Å²) in [6.07, 6.45) is 1.89. The zero-order valence-corrected chi connectivity index (χ0v) is 9.57. The number of quaternary nitrogens is 1. The maximum absolute atomic E-state index is 8.52. The molecule has 0 aliphatic carbocycles. The van der Waals surface area contributed by atoms with Crippen molar-refractivity contribution in [2.24, 2.45) is 0 Å². The molecule has 0 aromatic heterocycles. The molecule has 3 heteroatoms. The second kappa shape index (κ2) is 5.00. The number of nitrogens with zero attached hydrogens (tertiary/aromatic N) is 1. The monoisotopic (exact) mass is 217 g/mol. The van der Waals surface area contributed by atoms with Crippen LogP contribution in [0.3, 0.4) is 0 Å². The van der Waals surface area contributed by atoms with Gasteiger partial charge in [0.15, 0.2) is 6.10 Å². The lowest BCUT2D eigenvalue weighted by Gasteiger charge is -2.16. The van der Waals surface area contributed by atoms with E-state index in [9.17, 15) is 0 Å². The fraction of sp³-hybridized carbons (Fsp3) is 0.462. The molecule has 0 saturated heterocycles. The normalized spacial score (nSPS) is 19.6. The lowest BCUT2D eigenvalue weighted by Crippen LogP contribution is -3.10. The number of likely N-dealkylation sites (N-methyl/N-ethyl adjacent to an activating group) is 1. The number of rotatable bonds is 4. The van der Waals surface area contributed by atoms with Gasteiger partial charge in [-0.25, -0.2) is 0 Å². The van der Waals surface area contributed by atoms with Crippen molar-refractivity contribution in [3.63, 3.8) is 0 Å². The molecular formula is C13H17N2O+. The van der Waals surface area contributed by atoms with E-state index in [2.05, 4.69) is 25.2 Å². The van der Waals surface area contributed by atoms with E-state index in [1.165, 1.54) is 10.5 Å². The van der Waals surface area contributed by atoms with Crippen molar-refractivity contribution in [1.29, 1.82) is 5.26 Å². The van der Waals surface area contributed by atoms with Gasteiger partial charge in [-0.2, -0.15) is 5.26 Å². The van der Waals surface area contributed by atoms with Gasteiger partial charge >= 0.3 is 0 Å². The molecule has 0 radical (unpaired) electrons. The summed E-state index contributed by atoms with van der Waals surface area (Å²) in [4.78, 5) is 1.36. The van der Waals surface area contributed by atoms with Crippen molar-refractivity contribution < 1.29 is 9.64 Å². The van der Waals surface area contributed by atoms with Crippen LogP contribution in [0.4, 0.5) is 0 Å². The molecule has 0 amide bonds. The maximum Gasteiger partial charge on any atom is 0.151 e. The molecule has 0 fully saturated rings. The standard InChI is InChI=1S/C13H16N2O/c1-15(8-4-7-14)10-12-9-11-5-2-3-6-13(11)16-12/h2-3,5-6,12H,4,8-10H2,1H3/p+1/t12-/m0/s1. The van der Waals surface area contributed by atoms with Crippen molar-refractivity contribution >= 4 is 0 Å². The summed E-state index contributed by atoms with van der Waals surface area (Å²) in [5.41, 5.74) is 1.31. The highest BCUT2D eigenvalue weighted by Gasteiger charge is 2.24. The maximum atomic E-state index is 8.52. The number of ether oxygens (including phenoxy) is 1. The molecule has 1 N–H and O–H groups in total. The van der Waals surface area contributed by atoms with Gasteiger partial charge in [-0.15, -0.1) is 0 Å². The van der Waals surface area contributed by atoms with E-state index < -0.39 is 0 Å². The first kappa shape index (κ1) is 11.0. The predicted molar refractivity (Wildman–Crippen MR) is 61.4 cm³/mol. The van der Waals surface area contributed by atoms with Gasteiger partial charge in [-0.3, -0.25) is 0 Å². The average Bonchev–Trinajstić information content (AvgIpc) is 2.68. The smallest absolute Gasteiger partial charge is 0.151 e. The molecule has 0 saturated carbocycles. The Morgan fingerprint density at radius 3 is 3.06 bits per heavy atom. The quantitative estimate of drug-likeness (QED) is 0.793. The Labute approximate surface area is 96.2 Å². The minimum atomic E-state index is 0.274. The molecule has 84 valence electrons. The van der Waals surface area contributed by atoms with Gasteiger partial charge in [-0.1, -0.05) is 18.2 Å². The van der Waals surface area contributed by atoms with Crippen LogP contribution in [0.25, 0.3) is 0 Å². The van der Waals surface area contributed by atoms with Crippen LogP contribution in [0, 0.1) is 11.3 Å². The second-order valence-electron chi connectivity index (χ2n) is 4.37. The number of fused-ring (bicyclic) bond motifs is 1. The molecule has 2 rings (SSSR count). The first-order valence-electron chi connectivity index (χ1n) is 5.72. The van der Waals surface area contributed by atoms with Gasteiger partial charge < -0.3 is 9.64 Å². The number of benzene rings is 1. The summed E-state index contributed by atoms with van der Waals surface area (Å²) in [5, 5.41) is 8.52. The molecule has 1 aromatic rings. The molecule has 1 aromatic carbocycles. The molecule has 2 atom stereocenters. The third kappa shape index (κ3) is 2.53. The molecule has 1 aliphatic heterocycles. The number of hydrogen-bond acceptors (Lipinski definition) is 2. The molecule has 0 bridgehead atoms. The summed E-state index contributed by atoms with van der Waals surface area (Å²) in [7, 11) is 2.11. The molecule has 0 spiro atoms. The number of para-hydroxylation sites is 1. The van der Waals surface area contributed by atoms with Gasteiger partial charge in [0.1, 0.15) is 12.3 Å². The van der Waals surface area contributed by atoms with E-state index in [-0.39, 0.29) is 6.10 Å². The minimum absolute atomic E-state index is 0.274. The van der Waals surface area contributed by atoms with Crippen LogP contribution in [0.2, 0.25) is 0 Å². The summed E-state index contributed by atoms with van der Waals surface area (Å²) in [6, 6.07) is 10.4. The Bertz CT molecular complexity index is 372. The first-order chi connectivity index (χ1) is 7.79. The van der Waals surface area contributed by atoms with Crippen LogP contribution >= 0.6 is 0 Å². The molecule has 3 nitrogen and oxygen atoms in total. The Morgan fingerprint density at radius 1 is 1.50 bits per heavy atom. The summed E-state index contributed by atoms with van der Waals surface area (Å²) in [6.45, 7) is 1.86. The van der Waals surface area contributed by atoms with Crippen molar-refractivity contribution in [1.82, 2.24) is 0 Å². The lowest BCUT2D eigenvalue weighted by molar-refractivity contribution is -0.881. The minimum Gasteiger partial charge on any atom is -0.484 e. The van der Waals surface area contributed by atoms with Crippen molar-refractivity contribution in [2.45, 2.75) is 18.9 Å². The molecule has 1 aliphatic rings. The third-order valence-corrected chi connectivity index (χ3v) is 2.95. The first-order valence-corrected chi connectivity index (χ1v) is 5.72. The van der Waals surface area contributed by atoms with E-state index in [4.69, 9.17) is 10.00 Å². The van der Waals surface area contributed by atoms with Crippen molar-refractivity contribution in [3.8, 4) is 11.8 Å². The fourth-order valence-electron chi connectivity index (χ4n) is 2.13. The lowest BCUT2D eigenvalue weighted by atomic mass is 10.1. The van der Waals surface area contributed by atoms with E-state index in [1.54, 1.807) is 0 Å². The second-order valence-corrected chi connectivity index (χ2v) is 4.37. The van der Waals surface area contributed by atoms with Gasteiger partial charge in [0.2, 0.25) is 0 Å². The highest BCUT2D eigenvalue weighted by molar-refractivity contribution is 5.37. The van der Waals surface area contributed by atoms with E-state index in [0.717, 1.165) is 25.3 Å². The zero-order chi connectivity index (χ0) is 11.4. The predicted octanol–water partition coefficient (Wildman–Crippen LogP) is 0.418. The Morgan fingerprint density at radius 2 is 2.31 bits per heavy atom. The zero-order valence-electron chi connectivity index (χ0n) is 9.57. The topological polar surface area (TPSA) is 37.5 Å². The van der Waals surface area contributed by atoms with Crippen LogP contribution in [0.15, 0.2) is 24.3 Å². The van der Waals surface area contributed by atoms with E-state index in [1.807, 2.05) is 12.1 Å². The number of hydrogen-bond donors (Lipinski definition) is 1. The van der Waals surface area contributed by atoms with Crippen molar-refractivity contribution in [2.75, 3.05) is 20.1 Å². The number of nitrogens with one attached hydrogen (secondary N) is 1. The summed E-state index contributed by atoms with van der Waals surface area (Å²) < 4.78 is 5.85. The van der Waals surface area contributed by atoms with Gasteiger partial charge in [0.05, 0.1) is 26.1 Å². The largest absolute Gasteiger partial charge is 0.484 e. The molecule has 1 heterocycles. The fourth-order valence-corrected chi connectivity index (χ4v) is 2.13. The number of nitriles is 1. The summed E-state index contributed by atoms with van der Waals surface area (Å²) >= 11 is 0. The van der Waals surface area contributed by atoms with Crippen LogP contribution in [-0.4, -0.2) is 26.2 Å². The van der Waals surface area contributed by atoms with Gasteiger partial charge in [-0.05, 0) is 11.6 Å². The third-order valence-electron chi connectivity index (χ3n) is 2.95. The van der Waals surface area contributed by atoms with Crippen molar-refractivity contribution in [3.05, 3.63) is 29.8 Å². The van der Waals surface area contributed by atoms with Crippen LogP contribution < -0.4 is 9.64 Å². The Hall–Kier alpha value is -1.53. The molecule has 16 heavy (non-hydrogen) atoms. The van der Waals surface area contributed by atoms with Crippen LogP contribution in [-0.2, 0) is 6.42 Å². The average molecular weight is 217 g/mol. The van der Waals surface area contributed by atoms with E-state index >= 15 is 0 Å². The van der Waals surface area contributed by atoms with Crippen LogP contribution in [0.5, 0.6) is 5.75 Å². The Kier molecular flexibility index (Phi) is 3.43. The highest BCUT2D eigenvalue weighted by atomic mass is 16.5.